The molecule has 0 aliphatic carbocycles. The zero-order valence-corrected chi connectivity index (χ0v) is 13.0. The number of ether oxygens (including phenoxy) is 1. The normalized spacial score (nSPS) is 10.9. The average Bonchev–Trinajstić information content (AvgIpc) is 2.76. The van der Waals surface area contributed by atoms with Crippen LogP contribution in [0.4, 0.5) is 0 Å². The van der Waals surface area contributed by atoms with Crippen molar-refractivity contribution in [2.45, 2.75) is 27.3 Å². The fourth-order valence-electron chi connectivity index (χ4n) is 2.57. The molecule has 0 radical (unpaired) electrons. The van der Waals surface area contributed by atoms with Gasteiger partial charge in [-0.25, -0.2) is 0 Å². The summed E-state index contributed by atoms with van der Waals surface area (Å²) in [4.78, 5) is 11.6. The molecule has 0 atom stereocenters. The quantitative estimate of drug-likeness (QED) is 0.917. The van der Waals surface area contributed by atoms with Crippen molar-refractivity contribution in [2.24, 2.45) is 11.7 Å². The molecule has 0 fully saturated rings. The van der Waals surface area contributed by atoms with Crippen LogP contribution in [0.25, 0.3) is 11.3 Å². The Balaban J connectivity index is 2.66. The van der Waals surface area contributed by atoms with Gasteiger partial charge in [0, 0.05) is 17.8 Å². The van der Waals surface area contributed by atoms with E-state index in [1.807, 2.05) is 37.3 Å². The van der Waals surface area contributed by atoms with Gasteiger partial charge < -0.3 is 15.0 Å². The molecule has 21 heavy (non-hydrogen) atoms. The van der Waals surface area contributed by atoms with Crippen LogP contribution in [-0.2, 0) is 6.54 Å². The van der Waals surface area contributed by atoms with Gasteiger partial charge in [-0.05, 0) is 31.0 Å². The van der Waals surface area contributed by atoms with E-state index in [1.54, 1.807) is 7.11 Å². The van der Waals surface area contributed by atoms with Crippen LogP contribution in [0, 0.1) is 12.8 Å². The average molecular weight is 286 g/mol. The molecular weight excluding hydrogens is 264 g/mol. The van der Waals surface area contributed by atoms with Gasteiger partial charge in [0.1, 0.15) is 5.75 Å². The second-order valence-corrected chi connectivity index (χ2v) is 5.60. The number of hydrogen-bond donors (Lipinski definition) is 1. The van der Waals surface area contributed by atoms with Gasteiger partial charge in [0.25, 0.3) is 5.91 Å². The van der Waals surface area contributed by atoms with E-state index >= 15 is 0 Å². The molecule has 2 N–H and O–H groups in total. The second kappa shape index (κ2) is 6.04. The van der Waals surface area contributed by atoms with E-state index in [0.717, 1.165) is 29.2 Å². The lowest BCUT2D eigenvalue weighted by molar-refractivity contribution is 0.0999. The Bertz CT molecular complexity index is 657. The lowest BCUT2D eigenvalue weighted by Crippen LogP contribution is -2.13. The molecule has 0 unspecified atom stereocenters. The lowest BCUT2D eigenvalue weighted by atomic mass is 10.1. The maximum Gasteiger partial charge on any atom is 0.250 e. The molecule has 4 heteroatoms. The Morgan fingerprint density at radius 2 is 2.00 bits per heavy atom. The van der Waals surface area contributed by atoms with E-state index in [-0.39, 0.29) is 0 Å². The smallest absolute Gasteiger partial charge is 0.250 e. The number of primary amides is 1. The fraction of sp³-hybridized carbons (Fsp3) is 0.353. The van der Waals surface area contributed by atoms with Crippen LogP contribution in [0.5, 0.6) is 5.75 Å². The minimum atomic E-state index is -0.397. The third kappa shape index (κ3) is 2.94. The van der Waals surface area contributed by atoms with Gasteiger partial charge in [-0.1, -0.05) is 26.0 Å². The summed E-state index contributed by atoms with van der Waals surface area (Å²) in [6.07, 6.45) is 0. The number of aromatic nitrogens is 1. The summed E-state index contributed by atoms with van der Waals surface area (Å²) in [5, 5.41) is 0. The van der Waals surface area contributed by atoms with Crippen molar-refractivity contribution >= 4 is 5.91 Å². The molecule has 0 saturated heterocycles. The monoisotopic (exact) mass is 286 g/mol. The Kier molecular flexibility index (Phi) is 4.36. The van der Waals surface area contributed by atoms with Crippen molar-refractivity contribution in [3.05, 3.63) is 41.6 Å². The van der Waals surface area contributed by atoms with E-state index in [2.05, 4.69) is 18.4 Å². The van der Waals surface area contributed by atoms with Crippen molar-refractivity contribution in [2.75, 3.05) is 7.11 Å². The SMILES string of the molecule is COc1ccccc1-c1cc(C(N)=O)c(C)n1CC(C)C. The fourth-order valence-corrected chi connectivity index (χ4v) is 2.57. The van der Waals surface area contributed by atoms with Gasteiger partial charge in [-0.15, -0.1) is 0 Å². The van der Waals surface area contributed by atoms with Crippen LogP contribution in [-0.4, -0.2) is 17.6 Å². The summed E-state index contributed by atoms with van der Waals surface area (Å²) >= 11 is 0. The zero-order chi connectivity index (χ0) is 15.6. The Hall–Kier alpha value is -2.23. The van der Waals surface area contributed by atoms with Gasteiger partial charge in [0.15, 0.2) is 0 Å². The van der Waals surface area contributed by atoms with Crippen LogP contribution in [0.3, 0.4) is 0 Å². The molecule has 112 valence electrons. The number of carbonyl (C=O) groups excluding carboxylic acids is 1. The number of nitrogens with zero attached hydrogens (tertiary/aromatic N) is 1. The molecule has 1 aromatic heterocycles. The number of benzene rings is 1. The first kappa shape index (κ1) is 15.2. The van der Waals surface area contributed by atoms with Gasteiger partial charge in [-0.3, -0.25) is 4.79 Å². The number of rotatable bonds is 5. The number of para-hydroxylation sites is 1. The van der Waals surface area contributed by atoms with Gasteiger partial charge in [0.05, 0.1) is 18.4 Å². The largest absolute Gasteiger partial charge is 0.496 e. The van der Waals surface area contributed by atoms with E-state index < -0.39 is 5.91 Å². The molecule has 0 aliphatic heterocycles. The minimum absolute atomic E-state index is 0.397. The standard InChI is InChI=1S/C17H22N2O2/c1-11(2)10-19-12(3)14(17(18)20)9-15(19)13-7-5-6-8-16(13)21-4/h5-9,11H,10H2,1-4H3,(H2,18,20). The van der Waals surface area contributed by atoms with Gasteiger partial charge in [-0.2, -0.15) is 0 Å². The first-order valence-corrected chi connectivity index (χ1v) is 7.09. The predicted octanol–water partition coefficient (Wildman–Crippen LogP) is 3.23. The van der Waals surface area contributed by atoms with E-state index in [0.29, 0.717) is 11.5 Å². The molecule has 0 aliphatic rings. The van der Waals surface area contributed by atoms with Crippen LogP contribution in [0.1, 0.15) is 29.9 Å². The molecule has 2 rings (SSSR count). The molecule has 1 amide bonds. The van der Waals surface area contributed by atoms with Crippen LogP contribution < -0.4 is 10.5 Å². The first-order chi connectivity index (χ1) is 9.95. The van der Waals surface area contributed by atoms with Gasteiger partial charge >= 0.3 is 0 Å². The van der Waals surface area contributed by atoms with Crippen LogP contribution >= 0.6 is 0 Å². The molecule has 0 saturated carbocycles. The van der Waals surface area contributed by atoms with Crippen molar-refractivity contribution in [1.82, 2.24) is 4.57 Å². The molecule has 4 nitrogen and oxygen atoms in total. The summed E-state index contributed by atoms with van der Waals surface area (Å²) in [6, 6.07) is 9.66. The predicted molar refractivity (Wildman–Crippen MR) is 84.5 cm³/mol. The Morgan fingerprint density at radius 3 is 2.57 bits per heavy atom. The van der Waals surface area contributed by atoms with Gasteiger partial charge in [0.2, 0.25) is 0 Å². The number of carbonyl (C=O) groups is 1. The Morgan fingerprint density at radius 1 is 1.33 bits per heavy atom. The summed E-state index contributed by atoms with van der Waals surface area (Å²) in [7, 11) is 1.65. The van der Waals surface area contributed by atoms with Crippen LogP contribution in [0.2, 0.25) is 0 Å². The maximum absolute atomic E-state index is 11.6. The van der Waals surface area contributed by atoms with Crippen molar-refractivity contribution in [3.63, 3.8) is 0 Å². The highest BCUT2D eigenvalue weighted by atomic mass is 16.5. The number of hydrogen-bond acceptors (Lipinski definition) is 2. The molecule has 2 aromatic rings. The second-order valence-electron chi connectivity index (χ2n) is 5.60. The third-order valence-corrected chi connectivity index (χ3v) is 3.56. The summed E-state index contributed by atoms with van der Waals surface area (Å²) < 4.78 is 7.58. The number of methoxy groups -OCH3 is 1. The highest BCUT2D eigenvalue weighted by Gasteiger charge is 2.19. The van der Waals surface area contributed by atoms with Crippen molar-refractivity contribution < 1.29 is 9.53 Å². The first-order valence-electron chi connectivity index (χ1n) is 7.09. The summed E-state index contributed by atoms with van der Waals surface area (Å²) in [5.74, 6) is 0.854. The Labute approximate surface area is 125 Å². The number of amides is 1. The number of nitrogens with two attached hydrogens (primary N) is 1. The third-order valence-electron chi connectivity index (χ3n) is 3.56. The van der Waals surface area contributed by atoms with E-state index in [9.17, 15) is 4.79 Å². The summed E-state index contributed by atoms with van der Waals surface area (Å²) in [6.45, 7) is 7.05. The topological polar surface area (TPSA) is 57.2 Å². The molecule has 1 aromatic carbocycles. The van der Waals surface area contributed by atoms with E-state index in [1.165, 1.54) is 0 Å². The molecule has 1 heterocycles. The van der Waals surface area contributed by atoms with Crippen molar-refractivity contribution in [3.8, 4) is 17.0 Å². The van der Waals surface area contributed by atoms with E-state index in [4.69, 9.17) is 10.5 Å². The minimum Gasteiger partial charge on any atom is -0.496 e. The summed E-state index contributed by atoms with van der Waals surface area (Å²) in [5.41, 5.74) is 8.89. The lowest BCUT2D eigenvalue weighted by Gasteiger charge is -2.16. The molecular formula is C17H22N2O2. The molecule has 0 spiro atoms. The molecule has 0 bridgehead atoms. The zero-order valence-electron chi connectivity index (χ0n) is 13.0. The maximum atomic E-state index is 11.6. The highest BCUT2D eigenvalue weighted by molar-refractivity contribution is 5.96. The van der Waals surface area contributed by atoms with Crippen LogP contribution in [0.15, 0.2) is 30.3 Å². The highest BCUT2D eigenvalue weighted by Crippen LogP contribution is 2.33. The van der Waals surface area contributed by atoms with Crippen molar-refractivity contribution in [1.29, 1.82) is 0 Å².